The highest BCUT2D eigenvalue weighted by Gasteiger charge is 2.69. The average molecular weight is 805 g/mol. The molecule has 6 rings (SSSR count). The molecule has 3 N–H and O–H groups in total. The predicted octanol–water partition coefficient (Wildman–Crippen LogP) is 4.91. The van der Waals surface area contributed by atoms with E-state index in [9.17, 15) is 20.1 Å². The number of ether oxygens (including phenoxy) is 9. The SMILES string of the molecule is CC[C@H](C)[C@H]1O[C@]2(C=C[C@@H]1C)C[C@@H]1C[C@@H](C/C=C(\C)[C@@H](O[C@H]3C[C@H](OC)[C@@H](OCOC)[C@H](C)O3)[C@@H](C)/C=C/C=C3\CO[C@@H]4[C@H](O)[C@](C)(CO)[C@H](CC(=O)O1)[C@]34O)O2. The van der Waals surface area contributed by atoms with Crippen molar-refractivity contribution in [1.29, 1.82) is 0 Å². The molecule has 57 heavy (non-hydrogen) atoms. The highest BCUT2D eigenvalue weighted by atomic mass is 16.7. The minimum absolute atomic E-state index is 0.0605. The molecule has 0 radical (unpaired) electrons. The first-order chi connectivity index (χ1) is 27.1. The Kier molecular flexibility index (Phi) is 14.3. The zero-order chi connectivity index (χ0) is 41.3. The van der Waals surface area contributed by atoms with Gasteiger partial charge in [0.2, 0.25) is 0 Å². The molecule has 6 aliphatic rings. The van der Waals surface area contributed by atoms with Crippen molar-refractivity contribution >= 4 is 5.97 Å². The molecule has 5 heterocycles. The topological polar surface area (TPSA) is 161 Å². The summed E-state index contributed by atoms with van der Waals surface area (Å²) in [5.74, 6) is -2.24. The number of fused-ring (bicyclic) bond motifs is 2. The van der Waals surface area contributed by atoms with Gasteiger partial charge in [0.15, 0.2) is 12.1 Å². The molecule has 5 aliphatic heterocycles. The van der Waals surface area contributed by atoms with Crippen LogP contribution in [0.1, 0.15) is 87.0 Å². The lowest BCUT2D eigenvalue weighted by Crippen LogP contribution is -2.53. The Morgan fingerprint density at radius 3 is 2.54 bits per heavy atom. The number of rotatable bonds is 9. The second-order valence-corrected chi connectivity index (χ2v) is 17.7. The van der Waals surface area contributed by atoms with Crippen LogP contribution in [0.4, 0.5) is 0 Å². The maximum atomic E-state index is 14.0. The fourth-order valence-corrected chi connectivity index (χ4v) is 10.1. The quantitative estimate of drug-likeness (QED) is 0.164. The first-order valence-corrected chi connectivity index (χ1v) is 21.0. The highest BCUT2D eigenvalue weighted by Crippen LogP contribution is 2.57. The molecule has 13 nitrogen and oxygen atoms in total. The Labute approximate surface area is 338 Å². The molecular formula is C44H68O13. The fourth-order valence-electron chi connectivity index (χ4n) is 10.1. The fraction of sp³-hybridized carbons (Fsp3) is 0.795. The maximum absolute atomic E-state index is 14.0. The van der Waals surface area contributed by atoms with Crippen molar-refractivity contribution in [1.82, 2.24) is 0 Å². The van der Waals surface area contributed by atoms with Crippen LogP contribution in [0.2, 0.25) is 0 Å². The lowest BCUT2D eigenvalue weighted by atomic mass is 9.71. The third-order valence-electron chi connectivity index (χ3n) is 13.7. The van der Waals surface area contributed by atoms with E-state index in [2.05, 4.69) is 39.8 Å². The lowest BCUT2D eigenvalue weighted by molar-refractivity contribution is -0.300. The van der Waals surface area contributed by atoms with Gasteiger partial charge in [-0.05, 0) is 43.4 Å². The van der Waals surface area contributed by atoms with E-state index >= 15 is 0 Å². The monoisotopic (exact) mass is 804 g/mol. The number of aliphatic hydroxyl groups is 3. The Hall–Kier alpha value is -2.01. The summed E-state index contributed by atoms with van der Waals surface area (Å²) in [5.41, 5.74) is -1.47. The van der Waals surface area contributed by atoms with Gasteiger partial charge in [0.1, 0.15) is 30.7 Å². The molecule has 13 heteroatoms. The zero-order valence-electron chi connectivity index (χ0n) is 35.3. The minimum Gasteiger partial charge on any atom is -0.462 e. The molecule has 0 aromatic rings. The molecule has 322 valence electrons. The maximum Gasteiger partial charge on any atom is 0.306 e. The predicted molar refractivity (Wildman–Crippen MR) is 209 cm³/mol. The van der Waals surface area contributed by atoms with Gasteiger partial charge in [-0.1, -0.05) is 71.4 Å². The van der Waals surface area contributed by atoms with Gasteiger partial charge >= 0.3 is 5.97 Å². The summed E-state index contributed by atoms with van der Waals surface area (Å²) in [7, 11) is 3.23. The number of hydrogen-bond donors (Lipinski definition) is 3. The molecular weight excluding hydrogens is 736 g/mol. The molecule has 0 amide bonds. The van der Waals surface area contributed by atoms with Crippen molar-refractivity contribution in [3.05, 3.63) is 47.6 Å². The van der Waals surface area contributed by atoms with Crippen LogP contribution in [0.15, 0.2) is 47.6 Å². The summed E-state index contributed by atoms with van der Waals surface area (Å²) in [6.07, 6.45) is 9.09. The van der Waals surface area contributed by atoms with Crippen LogP contribution in [0.3, 0.4) is 0 Å². The van der Waals surface area contributed by atoms with Gasteiger partial charge in [-0.2, -0.15) is 0 Å². The van der Waals surface area contributed by atoms with Gasteiger partial charge in [-0.3, -0.25) is 4.79 Å². The van der Waals surface area contributed by atoms with E-state index < -0.39 is 66.0 Å². The van der Waals surface area contributed by atoms with Gasteiger partial charge in [0.25, 0.3) is 0 Å². The summed E-state index contributed by atoms with van der Waals surface area (Å²) in [6, 6.07) is 0. The van der Waals surface area contributed by atoms with Crippen LogP contribution in [0.5, 0.6) is 0 Å². The number of hydrogen-bond acceptors (Lipinski definition) is 13. The van der Waals surface area contributed by atoms with E-state index in [1.165, 1.54) is 0 Å². The third-order valence-corrected chi connectivity index (χ3v) is 13.7. The molecule has 0 unspecified atom stereocenters. The lowest BCUT2D eigenvalue weighted by Gasteiger charge is -2.48. The van der Waals surface area contributed by atoms with Gasteiger partial charge in [0.05, 0.1) is 56.3 Å². The van der Waals surface area contributed by atoms with Crippen LogP contribution in [0.25, 0.3) is 0 Å². The number of esters is 1. The van der Waals surface area contributed by atoms with Crippen LogP contribution < -0.4 is 0 Å². The number of allylic oxidation sites excluding steroid dienone is 2. The van der Waals surface area contributed by atoms with Crippen molar-refractivity contribution in [2.75, 3.05) is 34.2 Å². The summed E-state index contributed by atoms with van der Waals surface area (Å²) in [6.45, 7) is 13.9. The van der Waals surface area contributed by atoms with E-state index in [0.717, 1.165) is 12.0 Å². The Bertz CT molecular complexity index is 1510. The zero-order valence-corrected chi connectivity index (χ0v) is 35.3. The highest BCUT2D eigenvalue weighted by molar-refractivity contribution is 5.71. The Morgan fingerprint density at radius 2 is 1.84 bits per heavy atom. The number of carbonyl (C=O) groups excluding carboxylic acids is 1. The molecule has 1 aliphatic carbocycles. The molecule has 17 atom stereocenters. The minimum atomic E-state index is -1.72. The first kappa shape index (κ1) is 44.5. The molecule has 4 fully saturated rings. The van der Waals surface area contributed by atoms with Crippen LogP contribution in [-0.2, 0) is 47.4 Å². The van der Waals surface area contributed by atoms with E-state index in [0.29, 0.717) is 31.3 Å². The van der Waals surface area contributed by atoms with Crippen molar-refractivity contribution < 1.29 is 62.7 Å². The molecule has 1 spiro atoms. The summed E-state index contributed by atoms with van der Waals surface area (Å²) in [4.78, 5) is 14.0. The van der Waals surface area contributed by atoms with Gasteiger partial charge in [0, 0.05) is 56.7 Å². The largest absolute Gasteiger partial charge is 0.462 e. The Balaban J connectivity index is 1.36. The van der Waals surface area contributed by atoms with Crippen molar-refractivity contribution in [2.24, 2.45) is 29.1 Å². The molecule has 3 saturated heterocycles. The van der Waals surface area contributed by atoms with Crippen molar-refractivity contribution in [3.63, 3.8) is 0 Å². The van der Waals surface area contributed by atoms with Crippen molar-refractivity contribution in [2.45, 2.75) is 160 Å². The Morgan fingerprint density at radius 1 is 1.07 bits per heavy atom. The second-order valence-electron chi connectivity index (χ2n) is 17.7. The van der Waals surface area contributed by atoms with Gasteiger partial charge in [-0.15, -0.1) is 0 Å². The van der Waals surface area contributed by atoms with Crippen LogP contribution in [-0.4, -0.2) is 128 Å². The number of methoxy groups -OCH3 is 2. The molecule has 0 aromatic heterocycles. The van der Waals surface area contributed by atoms with Crippen molar-refractivity contribution in [3.8, 4) is 0 Å². The molecule has 0 aromatic carbocycles. The third kappa shape index (κ3) is 8.91. The molecule has 2 bridgehead atoms. The van der Waals surface area contributed by atoms with Gasteiger partial charge in [-0.25, -0.2) is 0 Å². The average Bonchev–Trinajstić information content (AvgIpc) is 3.59. The summed E-state index contributed by atoms with van der Waals surface area (Å²) >= 11 is 0. The van der Waals surface area contributed by atoms with Crippen LogP contribution in [0, 0.1) is 29.1 Å². The number of aliphatic hydroxyl groups excluding tert-OH is 2. The van der Waals surface area contributed by atoms with E-state index in [1.54, 1.807) is 27.2 Å². The summed E-state index contributed by atoms with van der Waals surface area (Å²) in [5, 5.41) is 34.7. The standard InChI is InChI=1S/C44H68O13/c1-10-25(2)38-28(5)16-17-43(57-38)21-32-18-31(56-43)15-14-27(4)37(55-36-19-33(50-9)39(29(6)53-36)52-24-49-8)26(3)12-11-13-30-22-51-41-40(47)42(7,23-45)34(44(30,41)48)20-35(46)54-32/h11-14,16-17,25-26,28-29,31-34,36-41,45,47-48H,10,15,18-24H2,1-9H3/b12-11+,27-14+,30-13+/t25-,26-,28-,29-,31+,32-,33-,34-,36-,37-,38+,39-,40-,41+,42+,43+,44+/m0/s1. The van der Waals surface area contributed by atoms with Crippen LogP contribution >= 0.6 is 0 Å². The molecule has 1 saturated carbocycles. The van der Waals surface area contributed by atoms with E-state index in [-0.39, 0.29) is 68.1 Å². The normalized spacial score (nSPS) is 48.3. The second kappa shape index (κ2) is 18.3. The first-order valence-electron chi connectivity index (χ1n) is 21.0. The van der Waals surface area contributed by atoms with Gasteiger partial charge < -0.3 is 58.0 Å². The van der Waals surface area contributed by atoms with E-state index in [4.69, 9.17) is 42.6 Å². The summed E-state index contributed by atoms with van der Waals surface area (Å²) < 4.78 is 56.2. The van der Waals surface area contributed by atoms with E-state index in [1.807, 2.05) is 32.1 Å². The smallest absolute Gasteiger partial charge is 0.306 e. The number of carbonyl (C=O) groups is 1.